The molecule has 0 amide bonds. The fraction of sp³-hybridized carbons (Fsp3) is 0.500. The Kier molecular flexibility index (Phi) is 4.39. The predicted molar refractivity (Wildman–Crippen MR) is 61.6 cm³/mol. The summed E-state index contributed by atoms with van der Waals surface area (Å²) in [6.45, 7) is 2.90. The average Bonchev–Trinajstić information content (AvgIpc) is 2.46. The van der Waals surface area contributed by atoms with Crippen molar-refractivity contribution in [3.8, 4) is 6.07 Å². The van der Waals surface area contributed by atoms with Gasteiger partial charge in [-0.25, -0.2) is 0 Å². The fourth-order valence-electron chi connectivity index (χ4n) is 1.11. The molecular weight excluding hydrogens is 240 g/mol. The van der Waals surface area contributed by atoms with Crippen molar-refractivity contribution in [2.75, 3.05) is 18.0 Å². The van der Waals surface area contributed by atoms with E-state index in [1.165, 1.54) is 10.3 Å². The van der Waals surface area contributed by atoms with Crippen LogP contribution in [-0.2, 0) is 0 Å². The molecule has 0 bridgehead atoms. The third-order valence-corrected chi connectivity index (χ3v) is 4.30. The topological polar surface area (TPSA) is 44.1 Å². The lowest BCUT2D eigenvalue weighted by atomic mass is 10.4. The van der Waals surface area contributed by atoms with Gasteiger partial charge in [-0.15, -0.1) is 0 Å². The zero-order valence-corrected chi connectivity index (χ0v) is 10.0. The summed E-state index contributed by atoms with van der Waals surface area (Å²) in [4.78, 5) is 13.2. The van der Waals surface area contributed by atoms with Gasteiger partial charge in [0.25, 0.3) is 4.74 Å². The first-order valence-electron chi connectivity index (χ1n) is 4.11. The highest BCUT2D eigenvalue weighted by Crippen LogP contribution is 2.29. The number of hydrogen-bond donors (Lipinski definition) is 0. The fourth-order valence-corrected chi connectivity index (χ4v) is 3.40. The molecule has 1 aromatic rings. The molecule has 0 radical (unpaired) electrons. The maximum Gasteiger partial charge on any atom is 0.267 e. The van der Waals surface area contributed by atoms with E-state index in [2.05, 4.69) is 0 Å². The molecule has 3 nitrogen and oxygen atoms in total. The highest BCUT2D eigenvalue weighted by atomic mass is 35.5. The van der Waals surface area contributed by atoms with Crippen LogP contribution in [0.4, 0.5) is 5.69 Å². The van der Waals surface area contributed by atoms with Crippen molar-refractivity contribution in [2.45, 2.75) is 13.3 Å². The van der Waals surface area contributed by atoms with E-state index < -0.39 is 0 Å². The maximum atomic E-state index is 11.4. The van der Waals surface area contributed by atoms with Gasteiger partial charge in [0.2, 0.25) is 0 Å². The molecule has 0 aliphatic rings. The van der Waals surface area contributed by atoms with Gasteiger partial charge in [-0.1, -0.05) is 28.9 Å². The molecule has 0 atom stereocenters. The molecule has 0 spiro atoms. The Morgan fingerprint density at radius 1 is 1.57 bits per heavy atom. The van der Waals surface area contributed by atoms with E-state index in [9.17, 15) is 4.79 Å². The standard InChI is InChI=1S/C8H9ClN2OS2/c1-2-4-11(5-3-10)6-7(9)13-14-8(6)12/h2,4-5H2,1H3. The van der Waals surface area contributed by atoms with Crippen LogP contribution in [-0.4, -0.2) is 13.1 Å². The minimum absolute atomic E-state index is 0.0521. The van der Waals surface area contributed by atoms with E-state index in [4.69, 9.17) is 16.9 Å². The number of nitrogens with zero attached hydrogens (tertiary/aromatic N) is 2. The van der Waals surface area contributed by atoms with E-state index >= 15 is 0 Å². The van der Waals surface area contributed by atoms with E-state index in [0.29, 0.717) is 16.6 Å². The SMILES string of the molecule is CCCN(CC#N)c1c(Cl)ssc1=O. The van der Waals surface area contributed by atoms with Gasteiger partial charge in [0, 0.05) is 6.54 Å². The number of hydrogen-bond acceptors (Lipinski definition) is 5. The lowest BCUT2D eigenvalue weighted by Gasteiger charge is -2.18. The molecule has 1 rings (SSSR count). The molecule has 76 valence electrons. The Hall–Kier alpha value is -0.570. The normalized spacial score (nSPS) is 9.79. The van der Waals surface area contributed by atoms with Crippen molar-refractivity contribution in [2.24, 2.45) is 0 Å². The molecule has 0 saturated carbocycles. The first-order valence-corrected chi connectivity index (χ1v) is 6.64. The van der Waals surface area contributed by atoms with Gasteiger partial charge in [0.15, 0.2) is 0 Å². The van der Waals surface area contributed by atoms with Crippen molar-refractivity contribution >= 4 is 38.0 Å². The third kappa shape index (κ3) is 2.47. The molecule has 1 aromatic heterocycles. The first kappa shape index (κ1) is 11.5. The van der Waals surface area contributed by atoms with Gasteiger partial charge in [-0.3, -0.25) is 4.79 Å². The summed E-state index contributed by atoms with van der Waals surface area (Å²) in [5.41, 5.74) is 0.491. The van der Waals surface area contributed by atoms with E-state index in [-0.39, 0.29) is 11.3 Å². The summed E-state index contributed by atoms with van der Waals surface area (Å²) in [6.07, 6.45) is 0.887. The predicted octanol–water partition coefficient (Wildman–Crippen LogP) is 2.56. The summed E-state index contributed by atoms with van der Waals surface area (Å²) < 4.78 is 0.437. The lowest BCUT2D eigenvalue weighted by molar-refractivity contribution is 0.820. The van der Waals surface area contributed by atoms with Crippen LogP contribution in [0.15, 0.2) is 4.79 Å². The van der Waals surface area contributed by atoms with Gasteiger partial charge < -0.3 is 4.90 Å². The molecule has 6 heteroatoms. The highest BCUT2D eigenvalue weighted by molar-refractivity contribution is 7.70. The highest BCUT2D eigenvalue weighted by Gasteiger charge is 2.15. The summed E-state index contributed by atoms with van der Waals surface area (Å²) >= 11 is 5.89. The molecule has 0 fully saturated rings. The minimum Gasteiger partial charge on any atom is -0.352 e. The third-order valence-electron chi connectivity index (χ3n) is 1.64. The minimum atomic E-state index is -0.0521. The molecule has 1 heterocycles. The quantitative estimate of drug-likeness (QED) is 0.608. The zero-order chi connectivity index (χ0) is 10.6. The van der Waals surface area contributed by atoms with Crippen molar-refractivity contribution in [3.05, 3.63) is 13.9 Å². The van der Waals surface area contributed by atoms with Crippen LogP contribution in [0.1, 0.15) is 13.3 Å². The molecule has 0 aliphatic carbocycles. The monoisotopic (exact) mass is 248 g/mol. The van der Waals surface area contributed by atoms with Crippen molar-refractivity contribution < 1.29 is 0 Å². The largest absolute Gasteiger partial charge is 0.352 e. The Labute approximate surface area is 94.5 Å². The summed E-state index contributed by atoms with van der Waals surface area (Å²) in [6, 6.07) is 2.03. The van der Waals surface area contributed by atoms with E-state index in [0.717, 1.165) is 16.8 Å². The van der Waals surface area contributed by atoms with Crippen LogP contribution >= 0.6 is 32.3 Å². The molecule has 0 N–H and O–H groups in total. The lowest BCUT2D eigenvalue weighted by Crippen LogP contribution is -2.27. The van der Waals surface area contributed by atoms with Crippen molar-refractivity contribution in [3.63, 3.8) is 0 Å². The van der Waals surface area contributed by atoms with Gasteiger partial charge in [-0.05, 0) is 16.8 Å². The second-order valence-electron chi connectivity index (χ2n) is 2.66. The smallest absolute Gasteiger partial charge is 0.267 e. The molecule has 0 saturated heterocycles. The van der Waals surface area contributed by atoms with Gasteiger partial charge in [0.1, 0.15) is 16.6 Å². The summed E-state index contributed by atoms with van der Waals surface area (Å²) in [5.74, 6) is 0. The number of rotatable bonds is 4. The van der Waals surface area contributed by atoms with Crippen LogP contribution < -0.4 is 9.64 Å². The van der Waals surface area contributed by atoms with Crippen LogP contribution in [0.2, 0.25) is 4.34 Å². The number of halogens is 1. The Morgan fingerprint density at radius 2 is 2.29 bits per heavy atom. The van der Waals surface area contributed by atoms with Gasteiger partial charge in [-0.2, -0.15) is 5.26 Å². The molecule has 0 aromatic carbocycles. The first-order chi connectivity index (χ1) is 6.70. The Balaban J connectivity index is 2.99. The van der Waals surface area contributed by atoms with Crippen LogP contribution in [0.3, 0.4) is 0 Å². The van der Waals surface area contributed by atoms with E-state index in [1.807, 2.05) is 13.0 Å². The zero-order valence-electron chi connectivity index (χ0n) is 7.62. The van der Waals surface area contributed by atoms with Crippen LogP contribution in [0, 0.1) is 11.3 Å². The van der Waals surface area contributed by atoms with E-state index in [1.54, 1.807) is 4.90 Å². The van der Waals surface area contributed by atoms with Crippen LogP contribution in [0.25, 0.3) is 0 Å². The molecule has 0 aliphatic heterocycles. The van der Waals surface area contributed by atoms with Gasteiger partial charge >= 0.3 is 0 Å². The maximum absolute atomic E-state index is 11.4. The average molecular weight is 249 g/mol. The second kappa shape index (κ2) is 5.35. The molecule has 14 heavy (non-hydrogen) atoms. The summed E-state index contributed by atoms with van der Waals surface area (Å²) in [7, 11) is 2.37. The van der Waals surface area contributed by atoms with Crippen molar-refractivity contribution in [1.29, 1.82) is 5.26 Å². The van der Waals surface area contributed by atoms with Crippen molar-refractivity contribution in [1.82, 2.24) is 0 Å². The summed E-state index contributed by atoms with van der Waals surface area (Å²) in [5, 5.41) is 8.61. The Bertz CT molecular complexity index is 393. The molecule has 0 unspecified atom stereocenters. The van der Waals surface area contributed by atoms with Gasteiger partial charge in [0.05, 0.1) is 6.07 Å². The second-order valence-corrected chi connectivity index (χ2v) is 5.37. The van der Waals surface area contributed by atoms with Crippen LogP contribution in [0.5, 0.6) is 0 Å². The molecular formula is C8H9ClN2OS2. The number of anilines is 1. The number of nitriles is 1. The Morgan fingerprint density at radius 3 is 2.71 bits per heavy atom.